The third-order valence-corrected chi connectivity index (χ3v) is 5.82. The van der Waals surface area contributed by atoms with Crippen LogP contribution in [0.15, 0.2) is 0 Å². The zero-order valence-corrected chi connectivity index (χ0v) is 12.7. The van der Waals surface area contributed by atoms with Gasteiger partial charge in [-0.2, -0.15) is 0 Å². The minimum absolute atomic E-state index is 0.178. The topological polar surface area (TPSA) is 42.2 Å². The van der Waals surface area contributed by atoms with Gasteiger partial charge in [-0.05, 0) is 38.0 Å². The molecule has 19 heavy (non-hydrogen) atoms. The molecule has 0 radical (unpaired) electrons. The van der Waals surface area contributed by atoms with Gasteiger partial charge in [0.1, 0.15) is 0 Å². The maximum Gasteiger partial charge on any atom is 0.185 e. The Hall–Kier alpha value is -0.610. The molecule has 0 saturated heterocycles. The predicted molar refractivity (Wildman–Crippen MR) is 81.8 cm³/mol. The van der Waals surface area contributed by atoms with Gasteiger partial charge in [-0.3, -0.25) is 0 Å². The van der Waals surface area contributed by atoms with Gasteiger partial charge >= 0.3 is 0 Å². The van der Waals surface area contributed by atoms with Crippen LogP contribution in [0.4, 0.5) is 5.13 Å². The van der Waals surface area contributed by atoms with Crippen molar-refractivity contribution in [2.75, 3.05) is 18.5 Å². The predicted octanol–water partition coefficient (Wildman–Crippen LogP) is 3.50. The Morgan fingerprint density at radius 3 is 2.74 bits per heavy atom. The van der Waals surface area contributed by atoms with E-state index in [2.05, 4.69) is 11.9 Å². The van der Waals surface area contributed by atoms with Gasteiger partial charge in [-0.15, -0.1) is 11.3 Å². The van der Waals surface area contributed by atoms with Crippen molar-refractivity contribution in [1.82, 2.24) is 4.98 Å². The monoisotopic (exact) mass is 279 g/mol. The summed E-state index contributed by atoms with van der Waals surface area (Å²) in [5.41, 5.74) is 7.35. The number of hydrogen-bond donors (Lipinski definition) is 1. The molecule has 1 fully saturated rings. The second kappa shape index (κ2) is 5.80. The fraction of sp³-hybridized carbons (Fsp3) is 0.800. The third kappa shape index (κ3) is 2.95. The summed E-state index contributed by atoms with van der Waals surface area (Å²) in [6, 6.07) is 0.178. The smallest absolute Gasteiger partial charge is 0.185 e. The van der Waals surface area contributed by atoms with E-state index < -0.39 is 0 Å². The molecular formula is C15H25N3S. The molecule has 1 aromatic heterocycles. The molecule has 0 aliphatic heterocycles. The van der Waals surface area contributed by atoms with Gasteiger partial charge in [0, 0.05) is 24.5 Å². The van der Waals surface area contributed by atoms with Gasteiger partial charge in [0.05, 0.1) is 5.69 Å². The zero-order valence-electron chi connectivity index (χ0n) is 11.9. The normalized spacial score (nSPS) is 24.2. The maximum atomic E-state index is 6.17. The van der Waals surface area contributed by atoms with E-state index in [-0.39, 0.29) is 6.04 Å². The lowest BCUT2D eigenvalue weighted by Gasteiger charge is -2.26. The lowest BCUT2D eigenvalue weighted by molar-refractivity contribution is 0.362. The largest absolute Gasteiger partial charge is 0.351 e. The van der Waals surface area contributed by atoms with E-state index in [1.807, 2.05) is 11.3 Å². The molecule has 0 aromatic carbocycles. The molecule has 2 aliphatic carbocycles. The third-order valence-electron chi connectivity index (χ3n) is 4.57. The zero-order chi connectivity index (χ0) is 13.2. The molecule has 106 valence electrons. The Labute approximate surface area is 120 Å². The van der Waals surface area contributed by atoms with Crippen LogP contribution in [0.3, 0.4) is 0 Å². The number of rotatable bonds is 3. The Bertz CT molecular complexity index is 423. The summed E-state index contributed by atoms with van der Waals surface area (Å²) >= 11 is 1.87. The summed E-state index contributed by atoms with van der Waals surface area (Å²) in [5, 5.41) is 1.19. The van der Waals surface area contributed by atoms with Crippen LogP contribution in [0.1, 0.15) is 61.6 Å². The van der Waals surface area contributed by atoms with Crippen LogP contribution in [0, 0.1) is 5.92 Å². The van der Waals surface area contributed by atoms with Crippen LogP contribution < -0.4 is 10.6 Å². The molecule has 2 N–H and O–H groups in total. The molecule has 1 heterocycles. The van der Waals surface area contributed by atoms with Gasteiger partial charge < -0.3 is 10.6 Å². The Morgan fingerprint density at radius 1 is 1.21 bits per heavy atom. The Morgan fingerprint density at radius 2 is 2.00 bits per heavy atom. The number of nitrogens with zero attached hydrogens (tertiary/aromatic N) is 2. The van der Waals surface area contributed by atoms with Crippen LogP contribution in [0.5, 0.6) is 0 Å². The SMILES string of the molecule is CN(CC1CCCCC1)c1nc2c(s1)CCCC2N. The molecule has 0 bridgehead atoms. The van der Waals surface area contributed by atoms with E-state index in [1.165, 1.54) is 67.2 Å². The van der Waals surface area contributed by atoms with Crippen molar-refractivity contribution in [1.29, 1.82) is 0 Å². The molecule has 1 unspecified atom stereocenters. The standard InChI is InChI=1S/C15H25N3S/c1-18(10-11-6-3-2-4-7-11)15-17-14-12(16)8-5-9-13(14)19-15/h11-12H,2-10,16H2,1H3. The minimum Gasteiger partial charge on any atom is -0.351 e. The first-order chi connectivity index (χ1) is 9.24. The van der Waals surface area contributed by atoms with Crippen molar-refractivity contribution < 1.29 is 0 Å². The van der Waals surface area contributed by atoms with E-state index in [0.717, 1.165) is 12.3 Å². The average Bonchev–Trinajstić information content (AvgIpc) is 2.85. The molecule has 0 amide bonds. The summed E-state index contributed by atoms with van der Waals surface area (Å²) in [5.74, 6) is 0.869. The maximum absolute atomic E-state index is 6.17. The van der Waals surface area contributed by atoms with Gasteiger partial charge in [0.2, 0.25) is 0 Å². The molecule has 1 aromatic rings. The highest BCUT2D eigenvalue weighted by molar-refractivity contribution is 7.15. The van der Waals surface area contributed by atoms with Gasteiger partial charge in [0.25, 0.3) is 0 Å². The molecule has 2 aliphatic rings. The number of aromatic nitrogens is 1. The second-order valence-electron chi connectivity index (χ2n) is 6.19. The fourth-order valence-corrected chi connectivity index (χ4v) is 4.58. The molecular weight excluding hydrogens is 254 g/mol. The molecule has 3 rings (SSSR count). The quantitative estimate of drug-likeness (QED) is 0.921. The van der Waals surface area contributed by atoms with Crippen molar-refractivity contribution >= 4 is 16.5 Å². The van der Waals surface area contributed by atoms with Crippen molar-refractivity contribution in [3.8, 4) is 0 Å². The van der Waals surface area contributed by atoms with Crippen molar-refractivity contribution in [3.05, 3.63) is 10.6 Å². The van der Waals surface area contributed by atoms with Gasteiger partial charge in [-0.1, -0.05) is 19.3 Å². The number of nitrogens with two attached hydrogens (primary N) is 1. The lowest BCUT2D eigenvalue weighted by atomic mass is 9.89. The number of fused-ring (bicyclic) bond motifs is 1. The fourth-order valence-electron chi connectivity index (χ4n) is 3.44. The summed E-state index contributed by atoms with van der Waals surface area (Å²) < 4.78 is 0. The molecule has 4 heteroatoms. The van der Waals surface area contributed by atoms with Crippen molar-refractivity contribution in [2.45, 2.75) is 57.4 Å². The molecule has 1 atom stereocenters. The first-order valence-corrected chi connectivity index (χ1v) is 8.52. The highest BCUT2D eigenvalue weighted by Crippen LogP contribution is 2.36. The highest BCUT2D eigenvalue weighted by atomic mass is 32.1. The van der Waals surface area contributed by atoms with Crippen LogP contribution in [0.25, 0.3) is 0 Å². The Balaban J connectivity index is 1.67. The summed E-state index contributed by atoms with van der Waals surface area (Å²) in [6.07, 6.45) is 10.6. The van der Waals surface area contributed by atoms with Gasteiger partial charge in [0.15, 0.2) is 5.13 Å². The van der Waals surface area contributed by atoms with Gasteiger partial charge in [-0.25, -0.2) is 4.98 Å². The Kier molecular flexibility index (Phi) is 4.08. The molecule has 1 saturated carbocycles. The lowest BCUT2D eigenvalue weighted by Crippen LogP contribution is -2.26. The number of hydrogen-bond acceptors (Lipinski definition) is 4. The summed E-state index contributed by atoms with van der Waals surface area (Å²) in [4.78, 5) is 8.62. The number of thiazole rings is 1. The number of anilines is 1. The van der Waals surface area contributed by atoms with Crippen LogP contribution in [-0.2, 0) is 6.42 Å². The van der Waals surface area contributed by atoms with E-state index >= 15 is 0 Å². The molecule has 0 spiro atoms. The van der Waals surface area contributed by atoms with Crippen LogP contribution in [-0.4, -0.2) is 18.6 Å². The van der Waals surface area contributed by atoms with E-state index in [1.54, 1.807) is 0 Å². The summed E-state index contributed by atoms with van der Waals surface area (Å²) in [6.45, 7) is 1.17. The summed E-state index contributed by atoms with van der Waals surface area (Å²) in [7, 11) is 2.20. The second-order valence-corrected chi connectivity index (χ2v) is 7.25. The van der Waals surface area contributed by atoms with Crippen molar-refractivity contribution in [3.63, 3.8) is 0 Å². The van der Waals surface area contributed by atoms with Crippen LogP contribution >= 0.6 is 11.3 Å². The van der Waals surface area contributed by atoms with Crippen LogP contribution in [0.2, 0.25) is 0 Å². The average molecular weight is 279 g/mol. The number of aryl methyl sites for hydroxylation is 1. The molecule has 3 nitrogen and oxygen atoms in total. The van der Waals surface area contributed by atoms with E-state index in [0.29, 0.717) is 0 Å². The highest BCUT2D eigenvalue weighted by Gasteiger charge is 2.24. The van der Waals surface area contributed by atoms with E-state index in [9.17, 15) is 0 Å². The van der Waals surface area contributed by atoms with Crippen molar-refractivity contribution in [2.24, 2.45) is 11.7 Å². The first-order valence-electron chi connectivity index (χ1n) is 7.70. The minimum atomic E-state index is 0.178. The first kappa shape index (κ1) is 13.4. The van der Waals surface area contributed by atoms with E-state index in [4.69, 9.17) is 10.7 Å².